The number of ether oxygens (including phenoxy) is 1. The van der Waals surface area contributed by atoms with Gasteiger partial charge < -0.3 is 36.2 Å². The zero-order valence-electron chi connectivity index (χ0n) is 24.7. The highest BCUT2D eigenvalue weighted by Gasteiger charge is 2.29. The molecule has 13 heteroatoms. The van der Waals surface area contributed by atoms with E-state index in [1.807, 2.05) is 13.8 Å². The van der Waals surface area contributed by atoms with Gasteiger partial charge in [-0.05, 0) is 56.5 Å². The van der Waals surface area contributed by atoms with E-state index in [1.165, 1.54) is 21.8 Å². The largest absolute Gasteiger partial charge is 0.506 e. The minimum atomic E-state index is -1.48. The molecule has 0 unspecified atom stereocenters. The number of carbonyl (C=O) groups excluding carboxylic acids is 1. The molecule has 1 aliphatic rings. The lowest BCUT2D eigenvalue weighted by molar-refractivity contribution is -0.120. The number of rotatable bonds is 8. The summed E-state index contributed by atoms with van der Waals surface area (Å²) in [7, 11) is 0. The summed E-state index contributed by atoms with van der Waals surface area (Å²) in [6, 6.07) is 4.76. The number of hydrogen-bond acceptors (Lipinski definition) is 9. The molecule has 0 bridgehead atoms. The van der Waals surface area contributed by atoms with Crippen LogP contribution in [0.2, 0.25) is 0 Å². The Bertz CT molecular complexity index is 1630. The fourth-order valence-electron chi connectivity index (χ4n) is 4.73. The van der Waals surface area contributed by atoms with Crippen LogP contribution in [0.25, 0.3) is 22.3 Å². The first-order valence-electron chi connectivity index (χ1n) is 13.4. The van der Waals surface area contributed by atoms with Gasteiger partial charge in [0.15, 0.2) is 0 Å². The minimum absolute atomic E-state index is 0.116. The number of aromatic nitrogens is 2. The van der Waals surface area contributed by atoms with Crippen molar-refractivity contribution in [3.05, 3.63) is 74.1 Å². The van der Waals surface area contributed by atoms with Crippen molar-refractivity contribution in [2.24, 2.45) is 17.3 Å². The molecule has 0 atom stereocenters. The monoisotopic (exact) mass is 583 g/mol. The predicted octanol–water partition coefficient (Wildman–Crippen LogP) is 2.73. The number of aryl methyl sites for hydroxylation is 2. The Kier molecular flexibility index (Phi) is 9.59. The van der Waals surface area contributed by atoms with Crippen LogP contribution >= 0.6 is 0 Å². The Morgan fingerprint density at radius 3 is 2.50 bits per heavy atom. The quantitative estimate of drug-likeness (QED) is 0.117. The van der Waals surface area contributed by atoms with Crippen molar-refractivity contribution in [1.29, 1.82) is 0 Å². The van der Waals surface area contributed by atoms with Crippen LogP contribution in [-0.2, 0) is 29.2 Å². The zero-order chi connectivity index (χ0) is 31.5. The summed E-state index contributed by atoms with van der Waals surface area (Å²) in [4.78, 5) is 40.8. The van der Waals surface area contributed by atoms with Crippen molar-refractivity contribution in [3.63, 3.8) is 0 Å². The Labute approximate surface area is 242 Å². The van der Waals surface area contributed by atoms with Gasteiger partial charge >= 0.3 is 6.16 Å². The molecule has 42 heavy (non-hydrogen) atoms. The summed E-state index contributed by atoms with van der Waals surface area (Å²) < 4.78 is 20.7. The van der Waals surface area contributed by atoms with Crippen LogP contribution in [0.4, 0.5) is 9.18 Å². The standard InChI is InChI=1S/C27H32FN7O5.C2H6/c1-13-6-21-24-17(10-35(21)25(37)18(13)12-40-26(38)39)16(15-5-14(2)19(28)7-20(15)32-24)9-34(31)11-22(30)27(3,4)33-23(36)8-29;1-2/h5-7,11H,8-10,12,29-31H2,1-4H3,(H,33,36)(H,38,39);1-2H3/b22-11-;. The van der Waals surface area contributed by atoms with Gasteiger partial charge in [0.05, 0.1) is 53.3 Å². The highest BCUT2D eigenvalue weighted by Crippen LogP contribution is 2.37. The SMILES string of the molecule is CC.Cc1cc2c(CN(N)/C=C(\N)C(C)(C)NC(=O)CN)c3c(nc2cc1F)-c1cc(C)c(COC(=O)O)c(=O)n1C3. The molecule has 3 heterocycles. The van der Waals surface area contributed by atoms with Gasteiger partial charge in [-0.25, -0.2) is 20.0 Å². The van der Waals surface area contributed by atoms with E-state index in [1.54, 1.807) is 39.8 Å². The molecule has 1 amide bonds. The predicted molar refractivity (Wildman–Crippen MR) is 157 cm³/mol. The number of carboxylic acid groups (broad SMARTS) is 1. The summed E-state index contributed by atoms with van der Waals surface area (Å²) in [5.41, 5.74) is 14.6. The van der Waals surface area contributed by atoms with Gasteiger partial charge in [-0.1, -0.05) is 13.8 Å². The average molecular weight is 584 g/mol. The number of halogens is 1. The molecule has 0 saturated heterocycles. The molecule has 12 nitrogen and oxygen atoms in total. The first-order chi connectivity index (χ1) is 19.7. The maximum Gasteiger partial charge on any atom is 0.506 e. The van der Waals surface area contributed by atoms with Crippen molar-refractivity contribution in [2.75, 3.05) is 6.54 Å². The number of hydrogen-bond donors (Lipinski definition) is 5. The van der Waals surface area contributed by atoms with Gasteiger partial charge in [0.2, 0.25) is 5.91 Å². The summed E-state index contributed by atoms with van der Waals surface area (Å²) in [6.45, 7) is 10.4. The molecule has 0 fully saturated rings. The third-order valence-corrected chi connectivity index (χ3v) is 7.01. The van der Waals surface area contributed by atoms with Crippen LogP contribution in [-0.4, -0.2) is 43.8 Å². The van der Waals surface area contributed by atoms with Crippen LogP contribution in [0.15, 0.2) is 34.9 Å². The number of nitrogens with zero attached hydrogens (tertiary/aromatic N) is 3. The minimum Gasteiger partial charge on any atom is -0.450 e. The third-order valence-electron chi connectivity index (χ3n) is 7.01. The van der Waals surface area contributed by atoms with E-state index in [4.69, 9.17) is 27.4 Å². The number of hydrazine groups is 1. The zero-order valence-corrected chi connectivity index (χ0v) is 24.7. The van der Waals surface area contributed by atoms with E-state index < -0.39 is 23.1 Å². The summed E-state index contributed by atoms with van der Waals surface area (Å²) in [5.74, 6) is 5.57. The molecule has 226 valence electrons. The first kappa shape index (κ1) is 32.0. The normalized spacial score (nSPS) is 12.3. The third kappa shape index (κ3) is 6.37. The average Bonchev–Trinajstić information content (AvgIpc) is 3.28. The van der Waals surface area contributed by atoms with Gasteiger partial charge in [-0.15, -0.1) is 0 Å². The molecule has 1 aliphatic heterocycles. The lowest BCUT2D eigenvalue weighted by Gasteiger charge is -2.28. The number of pyridine rings is 2. The summed E-state index contributed by atoms with van der Waals surface area (Å²) in [5, 5.41) is 13.6. The van der Waals surface area contributed by atoms with Crippen molar-refractivity contribution < 1.29 is 23.8 Å². The number of amides is 1. The Hall–Kier alpha value is -4.49. The fraction of sp³-hybridized carbons (Fsp3) is 0.379. The second kappa shape index (κ2) is 12.6. The van der Waals surface area contributed by atoms with Crippen LogP contribution in [0.5, 0.6) is 0 Å². The summed E-state index contributed by atoms with van der Waals surface area (Å²) in [6.07, 6.45) is 0.00677. The topological polar surface area (TPSA) is 192 Å². The molecular weight excluding hydrogens is 545 g/mol. The van der Waals surface area contributed by atoms with E-state index in [9.17, 15) is 18.8 Å². The van der Waals surface area contributed by atoms with Crippen molar-refractivity contribution >= 4 is 23.0 Å². The second-order valence-electron chi connectivity index (χ2n) is 10.3. The van der Waals surface area contributed by atoms with E-state index >= 15 is 0 Å². The Morgan fingerprint density at radius 2 is 1.88 bits per heavy atom. The van der Waals surface area contributed by atoms with E-state index in [2.05, 4.69) is 10.1 Å². The number of fused-ring (bicyclic) bond motifs is 4. The molecule has 0 aliphatic carbocycles. The highest BCUT2D eigenvalue weighted by molar-refractivity contribution is 5.88. The van der Waals surface area contributed by atoms with Crippen molar-refractivity contribution in [1.82, 2.24) is 19.9 Å². The van der Waals surface area contributed by atoms with Crippen LogP contribution < -0.4 is 28.2 Å². The van der Waals surface area contributed by atoms with Crippen molar-refractivity contribution in [3.8, 4) is 11.4 Å². The van der Waals surface area contributed by atoms with E-state index in [0.717, 1.165) is 0 Å². The van der Waals surface area contributed by atoms with E-state index in [-0.39, 0.29) is 43.4 Å². The molecular formula is C29H38FN7O5. The molecule has 3 aromatic rings. The molecule has 0 saturated carbocycles. The molecule has 4 rings (SSSR count). The lowest BCUT2D eigenvalue weighted by atomic mass is 9.98. The maximum absolute atomic E-state index is 14.6. The lowest BCUT2D eigenvalue weighted by Crippen LogP contribution is -2.50. The highest BCUT2D eigenvalue weighted by atomic mass is 19.1. The van der Waals surface area contributed by atoms with Crippen molar-refractivity contribution in [2.45, 2.75) is 66.8 Å². The molecule has 1 aromatic carbocycles. The molecule has 2 aromatic heterocycles. The summed E-state index contributed by atoms with van der Waals surface area (Å²) >= 11 is 0. The number of nitrogens with one attached hydrogen (secondary N) is 1. The van der Waals surface area contributed by atoms with Crippen LogP contribution in [0.1, 0.15) is 55.5 Å². The van der Waals surface area contributed by atoms with Gasteiger partial charge in [-0.3, -0.25) is 9.59 Å². The van der Waals surface area contributed by atoms with Crippen LogP contribution in [0.3, 0.4) is 0 Å². The second-order valence-corrected chi connectivity index (χ2v) is 10.3. The fourth-order valence-corrected chi connectivity index (χ4v) is 4.73. The van der Waals surface area contributed by atoms with Gasteiger partial charge in [0.1, 0.15) is 12.4 Å². The number of nitrogens with two attached hydrogens (primary N) is 3. The molecule has 8 N–H and O–H groups in total. The number of benzene rings is 1. The van der Waals surface area contributed by atoms with Gasteiger partial charge in [0, 0.05) is 23.2 Å². The van der Waals surface area contributed by atoms with Gasteiger partial charge in [-0.2, -0.15) is 0 Å². The Balaban J connectivity index is 0.00000237. The van der Waals surface area contributed by atoms with E-state index in [0.29, 0.717) is 44.5 Å². The van der Waals surface area contributed by atoms with Gasteiger partial charge in [0.25, 0.3) is 5.56 Å². The first-order valence-corrected chi connectivity index (χ1v) is 13.4. The molecule has 0 spiro atoms. The molecule has 0 radical (unpaired) electrons. The maximum atomic E-state index is 14.6. The number of carbonyl (C=O) groups is 2. The smallest absolute Gasteiger partial charge is 0.450 e. The van der Waals surface area contributed by atoms with Crippen LogP contribution in [0, 0.1) is 19.7 Å². The Morgan fingerprint density at radius 1 is 1.21 bits per heavy atom.